The number of halogens is 2. The van der Waals surface area contributed by atoms with Gasteiger partial charge in [-0.2, -0.15) is 0 Å². The third kappa shape index (κ3) is 7.14. The van der Waals surface area contributed by atoms with Gasteiger partial charge in [-0.15, -0.1) is 10.2 Å². The van der Waals surface area contributed by atoms with Crippen LogP contribution in [0.5, 0.6) is 11.6 Å². The predicted molar refractivity (Wildman–Crippen MR) is 107 cm³/mol. The van der Waals surface area contributed by atoms with E-state index in [0.29, 0.717) is 35.0 Å². The minimum atomic E-state index is -0.678. The molecule has 2 aromatic rings. The molecule has 1 aromatic carbocycles. The zero-order valence-electron chi connectivity index (χ0n) is 15.7. The molecular formula is C19H25Cl2N3O3. The second-order valence-electron chi connectivity index (χ2n) is 6.78. The van der Waals surface area contributed by atoms with Crippen molar-refractivity contribution in [3.63, 3.8) is 0 Å². The highest BCUT2D eigenvalue weighted by atomic mass is 35.5. The van der Waals surface area contributed by atoms with E-state index in [1.807, 2.05) is 39.0 Å². The second kappa shape index (κ2) is 10.1. The van der Waals surface area contributed by atoms with Crippen LogP contribution in [0.3, 0.4) is 0 Å². The Hall–Kier alpha value is -1.60. The first-order valence-corrected chi connectivity index (χ1v) is 9.51. The Morgan fingerprint density at radius 2 is 1.93 bits per heavy atom. The van der Waals surface area contributed by atoms with Crippen LogP contribution in [0.15, 0.2) is 30.3 Å². The molecule has 2 N–H and O–H groups in total. The van der Waals surface area contributed by atoms with Crippen LogP contribution < -0.4 is 14.8 Å². The van der Waals surface area contributed by atoms with Crippen molar-refractivity contribution in [2.45, 2.75) is 38.8 Å². The third-order valence-corrected chi connectivity index (χ3v) is 4.42. The molecule has 0 bridgehead atoms. The first-order valence-electron chi connectivity index (χ1n) is 8.76. The van der Waals surface area contributed by atoms with Crippen molar-refractivity contribution in [1.29, 1.82) is 0 Å². The molecule has 0 saturated carbocycles. The van der Waals surface area contributed by atoms with Gasteiger partial charge in [0.25, 0.3) is 0 Å². The first kappa shape index (κ1) is 21.7. The van der Waals surface area contributed by atoms with Crippen molar-refractivity contribution < 1.29 is 14.6 Å². The van der Waals surface area contributed by atoms with Crippen molar-refractivity contribution >= 4 is 23.2 Å². The summed E-state index contributed by atoms with van der Waals surface area (Å²) >= 11 is 11.9. The molecule has 0 aliphatic rings. The van der Waals surface area contributed by atoms with E-state index in [0.717, 1.165) is 12.0 Å². The lowest BCUT2D eigenvalue weighted by Gasteiger charge is -2.27. The molecule has 1 unspecified atom stereocenters. The lowest BCUT2D eigenvalue weighted by Crippen LogP contribution is -2.48. The molecule has 0 amide bonds. The van der Waals surface area contributed by atoms with Crippen molar-refractivity contribution in [2.75, 3.05) is 19.8 Å². The number of β-amino-alcohol motifs (C(OH)–C–C–N with tert-alkyl or cyclic N) is 1. The Kier molecular flexibility index (Phi) is 8.10. The van der Waals surface area contributed by atoms with Gasteiger partial charge in [-0.25, -0.2) is 0 Å². The minimum absolute atomic E-state index is 0.167. The van der Waals surface area contributed by atoms with Crippen LogP contribution in [0, 0.1) is 0 Å². The van der Waals surface area contributed by atoms with E-state index in [4.69, 9.17) is 32.7 Å². The molecule has 2 rings (SSSR count). The lowest BCUT2D eigenvalue weighted by atomic mass is 10.1. The van der Waals surface area contributed by atoms with Gasteiger partial charge in [0, 0.05) is 28.7 Å². The highest BCUT2D eigenvalue weighted by Gasteiger charge is 2.20. The van der Waals surface area contributed by atoms with E-state index >= 15 is 0 Å². The molecule has 6 nitrogen and oxygen atoms in total. The van der Waals surface area contributed by atoms with E-state index in [9.17, 15) is 5.11 Å². The van der Waals surface area contributed by atoms with E-state index in [1.165, 1.54) is 0 Å². The molecule has 27 heavy (non-hydrogen) atoms. The second-order valence-corrected chi connectivity index (χ2v) is 7.58. The van der Waals surface area contributed by atoms with E-state index in [2.05, 4.69) is 15.5 Å². The highest BCUT2D eigenvalue weighted by molar-refractivity contribution is 6.31. The maximum Gasteiger partial charge on any atom is 0.233 e. The fourth-order valence-corrected chi connectivity index (χ4v) is 2.74. The third-order valence-electron chi connectivity index (χ3n) is 3.87. The molecule has 8 heteroatoms. The molecule has 0 saturated heterocycles. The SMILES string of the molecule is CCc1c(Cl)cccc1OCC(O)CNC(C)(C)COc1ccc(Cl)nn1. The normalized spacial score (nSPS) is 12.7. The predicted octanol–water partition coefficient (Wildman–Crippen LogP) is 3.53. The Morgan fingerprint density at radius 1 is 1.15 bits per heavy atom. The number of nitrogens with one attached hydrogen (secondary N) is 1. The molecule has 0 aliphatic carbocycles. The van der Waals surface area contributed by atoms with Gasteiger partial charge in [0.1, 0.15) is 25.1 Å². The molecule has 0 radical (unpaired) electrons. The molecule has 1 atom stereocenters. The standard InChI is InChI=1S/C19H25Cl2N3O3/c1-4-14-15(20)6-5-7-16(14)26-11-13(25)10-22-19(2,3)12-27-18-9-8-17(21)23-24-18/h5-9,13,22,25H,4,10-12H2,1-3H3. The van der Waals surface area contributed by atoms with Crippen LogP contribution >= 0.6 is 23.2 Å². The summed E-state index contributed by atoms with van der Waals surface area (Å²) in [6.07, 6.45) is 0.0877. The Bertz CT molecular complexity index is 727. The maximum absolute atomic E-state index is 10.2. The van der Waals surface area contributed by atoms with Gasteiger partial charge in [-0.1, -0.05) is 36.2 Å². The number of ether oxygens (including phenoxy) is 2. The zero-order valence-corrected chi connectivity index (χ0v) is 17.2. The van der Waals surface area contributed by atoms with Crippen LogP contribution in [-0.2, 0) is 6.42 Å². The summed E-state index contributed by atoms with van der Waals surface area (Å²) in [6.45, 7) is 6.82. The lowest BCUT2D eigenvalue weighted by molar-refractivity contribution is 0.0919. The smallest absolute Gasteiger partial charge is 0.233 e. The fourth-order valence-electron chi connectivity index (χ4n) is 2.34. The number of aliphatic hydroxyl groups excluding tert-OH is 1. The monoisotopic (exact) mass is 413 g/mol. The van der Waals surface area contributed by atoms with Crippen molar-refractivity contribution in [3.8, 4) is 11.6 Å². The van der Waals surface area contributed by atoms with Crippen LogP contribution in [0.2, 0.25) is 10.2 Å². The van der Waals surface area contributed by atoms with Crippen LogP contribution in [-0.4, -0.2) is 46.7 Å². The van der Waals surface area contributed by atoms with Gasteiger partial charge >= 0.3 is 0 Å². The van der Waals surface area contributed by atoms with Gasteiger partial charge in [0.2, 0.25) is 5.88 Å². The van der Waals surface area contributed by atoms with Gasteiger partial charge in [-0.3, -0.25) is 0 Å². The Labute approximate surface area is 169 Å². The van der Waals surface area contributed by atoms with Gasteiger partial charge < -0.3 is 19.9 Å². The molecule has 0 spiro atoms. The van der Waals surface area contributed by atoms with E-state index < -0.39 is 6.10 Å². The molecule has 1 aromatic heterocycles. The number of hydrogen-bond donors (Lipinski definition) is 2. The highest BCUT2D eigenvalue weighted by Crippen LogP contribution is 2.26. The fraction of sp³-hybridized carbons (Fsp3) is 0.474. The number of rotatable bonds is 10. The summed E-state index contributed by atoms with van der Waals surface area (Å²) in [7, 11) is 0. The average Bonchev–Trinajstić information content (AvgIpc) is 2.64. The number of hydrogen-bond acceptors (Lipinski definition) is 6. The summed E-state index contributed by atoms with van der Waals surface area (Å²) in [6, 6.07) is 8.80. The van der Waals surface area contributed by atoms with E-state index in [1.54, 1.807) is 12.1 Å². The number of aliphatic hydroxyl groups is 1. The van der Waals surface area contributed by atoms with Crippen LogP contribution in [0.25, 0.3) is 0 Å². The Balaban J connectivity index is 1.77. The summed E-state index contributed by atoms with van der Waals surface area (Å²) in [5.41, 5.74) is 0.560. The quantitative estimate of drug-likeness (QED) is 0.620. The first-order chi connectivity index (χ1) is 12.8. The largest absolute Gasteiger partial charge is 0.491 e. The van der Waals surface area contributed by atoms with Gasteiger partial charge in [-0.05, 0) is 38.5 Å². The molecular weight excluding hydrogens is 389 g/mol. The molecule has 148 valence electrons. The topological polar surface area (TPSA) is 76.5 Å². The van der Waals surface area contributed by atoms with Crippen LogP contribution in [0.1, 0.15) is 26.3 Å². The van der Waals surface area contributed by atoms with E-state index in [-0.39, 0.29) is 12.1 Å². The maximum atomic E-state index is 10.2. The van der Waals surface area contributed by atoms with Gasteiger partial charge in [0.05, 0.1) is 0 Å². The summed E-state index contributed by atoms with van der Waals surface area (Å²) in [4.78, 5) is 0. The van der Waals surface area contributed by atoms with Crippen molar-refractivity contribution in [2.24, 2.45) is 0 Å². The molecule has 0 fully saturated rings. The summed E-state index contributed by atoms with van der Waals surface area (Å²) in [5, 5.41) is 22.1. The summed E-state index contributed by atoms with van der Waals surface area (Å²) in [5.74, 6) is 1.10. The summed E-state index contributed by atoms with van der Waals surface area (Å²) < 4.78 is 11.3. The molecule has 0 aliphatic heterocycles. The Morgan fingerprint density at radius 3 is 2.59 bits per heavy atom. The average molecular weight is 414 g/mol. The minimum Gasteiger partial charge on any atom is -0.491 e. The zero-order chi connectivity index (χ0) is 19.9. The van der Waals surface area contributed by atoms with Gasteiger partial charge in [0.15, 0.2) is 5.15 Å². The van der Waals surface area contributed by atoms with Crippen LogP contribution in [0.4, 0.5) is 0 Å². The number of benzene rings is 1. The number of nitrogens with zero attached hydrogens (tertiary/aromatic N) is 2. The molecule has 1 heterocycles. The number of aromatic nitrogens is 2. The van der Waals surface area contributed by atoms with Crippen molar-refractivity contribution in [3.05, 3.63) is 46.1 Å². The van der Waals surface area contributed by atoms with Crippen molar-refractivity contribution in [1.82, 2.24) is 15.5 Å².